The first-order chi connectivity index (χ1) is 8.28. The predicted molar refractivity (Wildman–Crippen MR) is 59.6 cm³/mol. The summed E-state index contributed by atoms with van der Waals surface area (Å²) in [4.78, 5) is 11.2. The van der Waals surface area contributed by atoms with Gasteiger partial charge in [0, 0.05) is 5.69 Å². The molecule has 0 aromatic heterocycles. The van der Waals surface area contributed by atoms with Crippen LogP contribution >= 0.6 is 15.9 Å². The Morgan fingerprint density at radius 2 is 2.06 bits per heavy atom. The van der Waals surface area contributed by atoms with Crippen molar-refractivity contribution in [3.05, 3.63) is 28.5 Å². The van der Waals surface area contributed by atoms with Crippen LogP contribution in [-0.4, -0.2) is 25.3 Å². The van der Waals surface area contributed by atoms with Crippen LogP contribution in [0.25, 0.3) is 0 Å². The zero-order valence-electron chi connectivity index (χ0n) is 8.85. The highest BCUT2D eigenvalue weighted by molar-refractivity contribution is 9.10. The Morgan fingerprint density at radius 1 is 1.39 bits per heavy atom. The highest BCUT2D eigenvalue weighted by atomic mass is 79.9. The Kier molecular flexibility index (Phi) is 5.09. The highest BCUT2D eigenvalue weighted by Crippen LogP contribution is 2.20. The minimum atomic E-state index is -4.47. The number of benzene rings is 1. The Morgan fingerprint density at radius 3 is 2.61 bits per heavy atom. The van der Waals surface area contributed by atoms with Gasteiger partial charge in [0.15, 0.2) is 0 Å². The maximum atomic E-state index is 12.9. The average Bonchev–Trinajstić information content (AvgIpc) is 2.21. The molecule has 0 unspecified atom stereocenters. The largest absolute Gasteiger partial charge is 0.411 e. The summed E-state index contributed by atoms with van der Waals surface area (Å²) in [6, 6.07) is 3.68. The number of nitrogens with one attached hydrogen (secondary N) is 1. The topological polar surface area (TPSA) is 38.3 Å². The summed E-state index contributed by atoms with van der Waals surface area (Å²) < 4.78 is 52.3. The molecule has 0 heterocycles. The first kappa shape index (κ1) is 14.9. The fraction of sp³-hybridized carbons (Fsp3) is 0.300. The Labute approximate surface area is 108 Å². The second kappa shape index (κ2) is 6.14. The van der Waals surface area contributed by atoms with E-state index in [0.29, 0.717) is 0 Å². The van der Waals surface area contributed by atoms with E-state index in [1.807, 2.05) is 0 Å². The van der Waals surface area contributed by atoms with Gasteiger partial charge in [-0.2, -0.15) is 13.2 Å². The lowest BCUT2D eigenvalue weighted by molar-refractivity contribution is -0.174. The molecule has 1 amide bonds. The normalized spacial score (nSPS) is 11.4. The molecule has 0 saturated carbocycles. The monoisotopic (exact) mass is 329 g/mol. The summed E-state index contributed by atoms with van der Waals surface area (Å²) in [6.07, 6.45) is -4.47. The molecule has 0 aliphatic carbocycles. The average molecular weight is 330 g/mol. The van der Waals surface area contributed by atoms with E-state index in [2.05, 4.69) is 26.0 Å². The Bertz CT molecular complexity index is 436. The van der Waals surface area contributed by atoms with Crippen LogP contribution in [0.3, 0.4) is 0 Å². The number of hydrogen-bond acceptors (Lipinski definition) is 2. The van der Waals surface area contributed by atoms with Gasteiger partial charge in [-0.25, -0.2) is 4.39 Å². The summed E-state index contributed by atoms with van der Waals surface area (Å²) in [7, 11) is 0. The summed E-state index contributed by atoms with van der Waals surface area (Å²) in [5.74, 6) is -1.26. The van der Waals surface area contributed by atoms with Gasteiger partial charge in [-0.1, -0.05) is 0 Å². The third-order valence-electron chi connectivity index (χ3n) is 1.70. The second-order valence-electron chi connectivity index (χ2n) is 3.29. The van der Waals surface area contributed by atoms with Crippen LogP contribution in [0, 0.1) is 5.82 Å². The van der Waals surface area contributed by atoms with Crippen molar-refractivity contribution in [3.63, 3.8) is 0 Å². The zero-order chi connectivity index (χ0) is 13.8. The number of amides is 1. The Balaban J connectivity index is 2.42. The van der Waals surface area contributed by atoms with E-state index in [1.54, 1.807) is 0 Å². The second-order valence-corrected chi connectivity index (χ2v) is 4.14. The summed E-state index contributed by atoms with van der Waals surface area (Å²) in [5, 5.41) is 2.27. The molecule has 0 atom stereocenters. The fourth-order valence-electron chi connectivity index (χ4n) is 1.03. The quantitative estimate of drug-likeness (QED) is 0.862. The number of hydrogen-bond donors (Lipinski definition) is 1. The van der Waals surface area contributed by atoms with Gasteiger partial charge in [-0.3, -0.25) is 4.79 Å². The zero-order valence-corrected chi connectivity index (χ0v) is 10.4. The maximum Gasteiger partial charge on any atom is 0.411 e. The highest BCUT2D eigenvalue weighted by Gasteiger charge is 2.27. The minimum absolute atomic E-state index is 0.136. The number of carbonyl (C=O) groups is 1. The van der Waals surface area contributed by atoms with Crippen LogP contribution in [0.2, 0.25) is 0 Å². The lowest BCUT2D eigenvalue weighted by Crippen LogP contribution is -2.23. The molecule has 0 aliphatic heterocycles. The SMILES string of the molecule is O=C(COCC(F)(F)F)Nc1ccc(F)c(Br)c1. The van der Waals surface area contributed by atoms with Crippen LogP contribution in [0.1, 0.15) is 0 Å². The van der Waals surface area contributed by atoms with Crippen LogP contribution < -0.4 is 5.32 Å². The molecule has 0 spiro atoms. The number of rotatable bonds is 4. The smallest absolute Gasteiger partial charge is 0.362 e. The molecule has 100 valence electrons. The van der Waals surface area contributed by atoms with Crippen LogP contribution in [-0.2, 0) is 9.53 Å². The standard InChI is InChI=1S/C10H8BrF4NO2/c11-7-3-6(1-2-8(7)12)16-9(17)4-18-5-10(13,14)15/h1-3H,4-5H2,(H,16,17). The van der Waals surface area contributed by atoms with Crippen molar-refractivity contribution in [2.45, 2.75) is 6.18 Å². The van der Waals surface area contributed by atoms with Crippen LogP contribution in [0.5, 0.6) is 0 Å². The van der Waals surface area contributed by atoms with Gasteiger partial charge in [0.25, 0.3) is 0 Å². The van der Waals surface area contributed by atoms with Crippen LogP contribution in [0.15, 0.2) is 22.7 Å². The molecule has 0 fully saturated rings. The van der Waals surface area contributed by atoms with Crippen molar-refractivity contribution in [2.24, 2.45) is 0 Å². The fourth-order valence-corrected chi connectivity index (χ4v) is 1.41. The molecule has 0 aliphatic rings. The van der Waals surface area contributed by atoms with Crippen molar-refractivity contribution in [2.75, 3.05) is 18.5 Å². The van der Waals surface area contributed by atoms with Crippen molar-refractivity contribution >= 4 is 27.5 Å². The Hall–Kier alpha value is -1.15. The van der Waals surface area contributed by atoms with E-state index in [-0.39, 0.29) is 10.2 Å². The number of anilines is 1. The lowest BCUT2D eigenvalue weighted by Gasteiger charge is -2.08. The van der Waals surface area contributed by atoms with Crippen molar-refractivity contribution in [1.82, 2.24) is 0 Å². The molecule has 1 aromatic carbocycles. The molecule has 0 bridgehead atoms. The number of ether oxygens (including phenoxy) is 1. The maximum absolute atomic E-state index is 12.9. The molecule has 0 radical (unpaired) electrons. The minimum Gasteiger partial charge on any atom is -0.362 e. The van der Waals surface area contributed by atoms with E-state index in [0.717, 1.165) is 6.07 Å². The van der Waals surface area contributed by atoms with Gasteiger partial charge in [-0.15, -0.1) is 0 Å². The van der Waals surface area contributed by atoms with Gasteiger partial charge >= 0.3 is 6.18 Å². The van der Waals surface area contributed by atoms with Gasteiger partial charge in [-0.05, 0) is 34.1 Å². The summed E-state index contributed by atoms with van der Waals surface area (Å²) >= 11 is 2.91. The third kappa shape index (κ3) is 5.46. The number of carbonyl (C=O) groups excluding carboxylic acids is 1. The van der Waals surface area contributed by atoms with E-state index in [1.165, 1.54) is 12.1 Å². The first-order valence-corrected chi connectivity index (χ1v) is 5.46. The predicted octanol–water partition coefficient (Wildman–Crippen LogP) is 3.11. The molecule has 18 heavy (non-hydrogen) atoms. The lowest BCUT2D eigenvalue weighted by atomic mass is 10.3. The van der Waals surface area contributed by atoms with E-state index >= 15 is 0 Å². The number of alkyl halides is 3. The number of halogens is 5. The summed E-state index contributed by atoms with van der Waals surface area (Å²) in [6.45, 7) is -2.22. The molecule has 1 N–H and O–H groups in total. The van der Waals surface area contributed by atoms with E-state index < -0.39 is 31.1 Å². The van der Waals surface area contributed by atoms with E-state index in [4.69, 9.17) is 0 Å². The molecule has 1 aromatic rings. The van der Waals surface area contributed by atoms with Crippen molar-refractivity contribution in [1.29, 1.82) is 0 Å². The van der Waals surface area contributed by atoms with Crippen molar-refractivity contribution in [3.8, 4) is 0 Å². The van der Waals surface area contributed by atoms with Crippen LogP contribution in [0.4, 0.5) is 23.2 Å². The van der Waals surface area contributed by atoms with Gasteiger partial charge in [0.2, 0.25) is 5.91 Å². The summed E-state index contributed by atoms with van der Waals surface area (Å²) in [5.41, 5.74) is 0.254. The molecular formula is C10H8BrF4NO2. The van der Waals surface area contributed by atoms with Gasteiger partial charge < -0.3 is 10.1 Å². The molecular weight excluding hydrogens is 322 g/mol. The first-order valence-electron chi connectivity index (χ1n) is 4.67. The molecule has 0 saturated heterocycles. The van der Waals surface area contributed by atoms with Gasteiger partial charge in [0.05, 0.1) is 4.47 Å². The van der Waals surface area contributed by atoms with Gasteiger partial charge in [0.1, 0.15) is 19.0 Å². The molecule has 3 nitrogen and oxygen atoms in total. The van der Waals surface area contributed by atoms with E-state index in [9.17, 15) is 22.4 Å². The molecule has 8 heteroatoms. The van der Waals surface area contributed by atoms with Crippen molar-refractivity contribution < 1.29 is 27.1 Å². The third-order valence-corrected chi connectivity index (χ3v) is 2.31. The molecule has 1 rings (SSSR count).